The molecule has 0 fully saturated rings. The minimum Gasteiger partial charge on any atom is -0.504 e. The molecule has 90 valence electrons. The topological polar surface area (TPSA) is 113 Å². The van der Waals surface area contributed by atoms with Crippen LogP contribution in [0.25, 0.3) is 0 Å². The number of rotatable bonds is 5. The highest BCUT2D eigenvalue weighted by atomic mass is 32.2. The van der Waals surface area contributed by atoms with E-state index in [1.807, 2.05) is 0 Å². The van der Waals surface area contributed by atoms with Crippen LogP contribution in [0, 0.1) is 0 Å². The molecule has 6 nitrogen and oxygen atoms in total. The van der Waals surface area contributed by atoms with E-state index in [4.69, 9.17) is 5.14 Å². The molecule has 0 bridgehead atoms. The third-order valence-electron chi connectivity index (χ3n) is 1.98. The van der Waals surface area contributed by atoms with Crippen molar-refractivity contribution in [3.63, 3.8) is 0 Å². The minimum atomic E-state index is -3.47. The molecule has 16 heavy (non-hydrogen) atoms. The largest absolute Gasteiger partial charge is 0.504 e. The van der Waals surface area contributed by atoms with E-state index < -0.39 is 10.0 Å². The molecule has 1 rings (SSSR count). The zero-order chi connectivity index (χ0) is 12.2. The summed E-state index contributed by atoms with van der Waals surface area (Å²) in [6.07, 6.45) is 0. The van der Waals surface area contributed by atoms with Crippen molar-refractivity contribution in [2.75, 3.05) is 12.3 Å². The Kier molecular flexibility index (Phi) is 4.11. The van der Waals surface area contributed by atoms with Crippen LogP contribution in [0.1, 0.15) is 5.56 Å². The Morgan fingerprint density at radius 3 is 2.62 bits per heavy atom. The molecule has 0 aliphatic carbocycles. The zero-order valence-electron chi connectivity index (χ0n) is 8.55. The molecule has 7 heteroatoms. The number of para-hydroxylation sites is 1. The quantitative estimate of drug-likeness (QED) is 0.412. The maximum absolute atomic E-state index is 10.6. The maximum atomic E-state index is 10.6. The third-order valence-corrected chi connectivity index (χ3v) is 2.75. The van der Waals surface area contributed by atoms with Gasteiger partial charge >= 0.3 is 0 Å². The summed E-state index contributed by atoms with van der Waals surface area (Å²) in [5.74, 6) is -0.580. The molecule has 0 saturated carbocycles. The summed E-state index contributed by atoms with van der Waals surface area (Å²) in [4.78, 5) is 0. The van der Waals surface area contributed by atoms with Gasteiger partial charge in [0, 0.05) is 18.7 Å². The lowest BCUT2D eigenvalue weighted by Gasteiger charge is -2.07. The minimum absolute atomic E-state index is 0.174. The molecular formula is C9H14N2O4S. The molecule has 5 N–H and O–H groups in total. The van der Waals surface area contributed by atoms with Gasteiger partial charge in [-0.05, 0) is 6.07 Å². The number of primary sulfonamides is 1. The van der Waals surface area contributed by atoms with E-state index in [-0.39, 0.29) is 30.3 Å². The van der Waals surface area contributed by atoms with Crippen molar-refractivity contribution < 1.29 is 18.6 Å². The van der Waals surface area contributed by atoms with Crippen LogP contribution >= 0.6 is 0 Å². The third kappa shape index (κ3) is 4.05. The summed E-state index contributed by atoms with van der Waals surface area (Å²) in [5.41, 5.74) is 0.495. The first-order valence-electron chi connectivity index (χ1n) is 4.61. The maximum Gasteiger partial charge on any atom is 0.210 e. The molecule has 0 amide bonds. The number of hydrogen-bond acceptors (Lipinski definition) is 5. The van der Waals surface area contributed by atoms with Gasteiger partial charge in [0.2, 0.25) is 10.0 Å². The summed E-state index contributed by atoms with van der Waals surface area (Å²) >= 11 is 0. The first-order valence-corrected chi connectivity index (χ1v) is 6.33. The number of phenolic OH excluding ortho intramolecular Hbond substituents is 2. The summed E-state index contributed by atoms with van der Waals surface area (Å²) in [5, 5.41) is 26.2. The second-order valence-corrected chi connectivity index (χ2v) is 5.06. The van der Waals surface area contributed by atoms with E-state index >= 15 is 0 Å². The van der Waals surface area contributed by atoms with Crippen LogP contribution in [0.15, 0.2) is 18.2 Å². The fourth-order valence-corrected chi connectivity index (χ4v) is 1.59. The van der Waals surface area contributed by atoms with Crippen LogP contribution in [0.5, 0.6) is 11.5 Å². The van der Waals surface area contributed by atoms with Crippen molar-refractivity contribution >= 4 is 10.0 Å². The average Bonchev–Trinajstić information content (AvgIpc) is 2.17. The lowest BCUT2D eigenvalue weighted by Crippen LogP contribution is -2.26. The fourth-order valence-electron chi connectivity index (χ4n) is 1.16. The van der Waals surface area contributed by atoms with Gasteiger partial charge in [-0.3, -0.25) is 0 Å². The van der Waals surface area contributed by atoms with Gasteiger partial charge in [-0.25, -0.2) is 13.6 Å². The van der Waals surface area contributed by atoms with Gasteiger partial charge in [0.05, 0.1) is 5.75 Å². The first-order chi connectivity index (χ1) is 7.40. The van der Waals surface area contributed by atoms with Crippen molar-refractivity contribution in [3.05, 3.63) is 23.8 Å². The molecule has 0 heterocycles. The molecule has 0 aliphatic rings. The molecule has 0 spiro atoms. The van der Waals surface area contributed by atoms with E-state index in [1.54, 1.807) is 12.1 Å². The Morgan fingerprint density at radius 1 is 1.31 bits per heavy atom. The molecular weight excluding hydrogens is 232 g/mol. The van der Waals surface area contributed by atoms with Crippen LogP contribution in [0.3, 0.4) is 0 Å². The molecule has 0 aromatic heterocycles. The molecule has 0 saturated heterocycles. The summed E-state index contributed by atoms with van der Waals surface area (Å²) < 4.78 is 21.2. The predicted octanol–water partition coefficient (Wildman–Crippen LogP) is -0.524. The summed E-state index contributed by atoms with van der Waals surface area (Å²) in [6, 6.07) is 4.58. The Balaban J connectivity index is 2.47. The van der Waals surface area contributed by atoms with Gasteiger partial charge in [0.25, 0.3) is 0 Å². The first kappa shape index (κ1) is 12.8. The van der Waals surface area contributed by atoms with E-state index in [1.165, 1.54) is 6.07 Å². The normalized spacial score (nSPS) is 11.6. The second kappa shape index (κ2) is 5.15. The Hall–Kier alpha value is -1.31. The monoisotopic (exact) mass is 246 g/mol. The lowest BCUT2D eigenvalue weighted by atomic mass is 10.2. The number of nitrogens with two attached hydrogens (primary N) is 1. The molecule has 0 aliphatic heterocycles. The smallest absolute Gasteiger partial charge is 0.210 e. The van der Waals surface area contributed by atoms with Gasteiger partial charge in [0.1, 0.15) is 0 Å². The predicted molar refractivity (Wildman–Crippen MR) is 59.5 cm³/mol. The number of phenols is 2. The molecule has 0 unspecified atom stereocenters. The van der Waals surface area contributed by atoms with E-state index in [0.717, 1.165) is 0 Å². The van der Waals surface area contributed by atoms with Crippen LogP contribution in [-0.4, -0.2) is 30.9 Å². The number of benzene rings is 1. The van der Waals surface area contributed by atoms with Gasteiger partial charge in [0.15, 0.2) is 11.5 Å². The second-order valence-electron chi connectivity index (χ2n) is 3.33. The summed E-state index contributed by atoms with van der Waals surface area (Å²) in [6.45, 7) is 0.448. The number of hydrogen-bond donors (Lipinski definition) is 4. The van der Waals surface area contributed by atoms with Crippen molar-refractivity contribution in [2.24, 2.45) is 5.14 Å². The molecule has 0 atom stereocenters. The van der Waals surface area contributed by atoms with Gasteiger partial charge in [-0.2, -0.15) is 0 Å². The Labute approximate surface area is 93.8 Å². The standard InChI is InChI=1S/C9H14N2O4S/c10-16(14,15)5-4-11-6-7-2-1-3-8(12)9(7)13/h1-3,11-13H,4-6H2,(H2,10,14,15). The fraction of sp³-hybridized carbons (Fsp3) is 0.333. The average molecular weight is 246 g/mol. The van der Waals surface area contributed by atoms with Gasteiger partial charge in [-0.1, -0.05) is 12.1 Å². The highest BCUT2D eigenvalue weighted by molar-refractivity contribution is 7.89. The number of aromatic hydroxyl groups is 2. The van der Waals surface area contributed by atoms with Crippen LogP contribution in [0.2, 0.25) is 0 Å². The van der Waals surface area contributed by atoms with Gasteiger partial charge < -0.3 is 15.5 Å². The highest BCUT2D eigenvalue weighted by Gasteiger charge is 2.06. The Morgan fingerprint density at radius 2 is 2.00 bits per heavy atom. The van der Waals surface area contributed by atoms with Crippen LogP contribution in [-0.2, 0) is 16.6 Å². The van der Waals surface area contributed by atoms with Crippen LogP contribution < -0.4 is 10.5 Å². The zero-order valence-corrected chi connectivity index (χ0v) is 9.37. The number of sulfonamides is 1. The molecule has 1 aromatic rings. The SMILES string of the molecule is NS(=O)(=O)CCNCc1cccc(O)c1O. The lowest BCUT2D eigenvalue weighted by molar-refractivity contribution is 0.398. The van der Waals surface area contributed by atoms with Crippen molar-refractivity contribution in [2.45, 2.75) is 6.54 Å². The van der Waals surface area contributed by atoms with E-state index in [9.17, 15) is 18.6 Å². The Bertz CT molecular complexity index is 459. The molecule has 0 radical (unpaired) electrons. The van der Waals surface area contributed by atoms with Crippen molar-refractivity contribution in [1.82, 2.24) is 5.32 Å². The van der Waals surface area contributed by atoms with Gasteiger partial charge in [-0.15, -0.1) is 0 Å². The van der Waals surface area contributed by atoms with E-state index in [0.29, 0.717) is 5.56 Å². The van der Waals surface area contributed by atoms with Crippen molar-refractivity contribution in [3.8, 4) is 11.5 Å². The summed E-state index contributed by atoms with van der Waals surface area (Å²) in [7, 11) is -3.47. The van der Waals surface area contributed by atoms with E-state index in [2.05, 4.69) is 5.32 Å². The molecule has 1 aromatic carbocycles. The van der Waals surface area contributed by atoms with Crippen LogP contribution in [0.4, 0.5) is 0 Å². The highest BCUT2D eigenvalue weighted by Crippen LogP contribution is 2.27. The number of nitrogens with one attached hydrogen (secondary N) is 1. The van der Waals surface area contributed by atoms with Crippen molar-refractivity contribution in [1.29, 1.82) is 0 Å².